The van der Waals surface area contributed by atoms with Crippen molar-refractivity contribution in [3.05, 3.63) is 65.0 Å². The zero-order chi connectivity index (χ0) is 13.8. The average Bonchev–Trinajstić information content (AvgIpc) is 2.41. The highest BCUT2D eigenvalue weighted by Crippen LogP contribution is 2.21. The predicted molar refractivity (Wildman–Crippen MR) is 69.1 cm³/mol. The third-order valence-electron chi connectivity index (χ3n) is 3.08. The summed E-state index contributed by atoms with van der Waals surface area (Å²) in [6.45, 7) is 1.95. The van der Waals surface area contributed by atoms with Crippen molar-refractivity contribution in [1.82, 2.24) is 10.4 Å². The molecular weight excluding hydrogens is 248 g/mol. The predicted octanol–water partition coefficient (Wildman–Crippen LogP) is 2.42. The highest BCUT2D eigenvalue weighted by molar-refractivity contribution is 5.28. The zero-order valence-electron chi connectivity index (χ0n) is 10.5. The van der Waals surface area contributed by atoms with Gasteiger partial charge in [0.2, 0.25) is 0 Å². The maximum absolute atomic E-state index is 13.2. The van der Waals surface area contributed by atoms with Crippen molar-refractivity contribution in [3.63, 3.8) is 0 Å². The van der Waals surface area contributed by atoms with Crippen molar-refractivity contribution in [3.8, 4) is 0 Å². The van der Waals surface area contributed by atoms with Crippen LogP contribution in [0.25, 0.3) is 0 Å². The first-order valence-electron chi connectivity index (χ1n) is 5.92. The van der Waals surface area contributed by atoms with Gasteiger partial charge in [-0.2, -0.15) is 0 Å². The second-order valence-corrected chi connectivity index (χ2v) is 4.40. The van der Waals surface area contributed by atoms with Crippen LogP contribution in [0.4, 0.5) is 8.78 Å². The molecule has 0 aliphatic rings. The normalized spacial score (nSPS) is 12.4. The van der Waals surface area contributed by atoms with Gasteiger partial charge in [-0.1, -0.05) is 6.07 Å². The summed E-state index contributed by atoms with van der Waals surface area (Å²) in [6, 6.07) is 5.54. The molecule has 1 aromatic carbocycles. The Morgan fingerprint density at radius 3 is 2.68 bits per heavy atom. The molecule has 3 nitrogen and oxygen atoms in total. The van der Waals surface area contributed by atoms with Crippen LogP contribution in [0.1, 0.15) is 22.7 Å². The van der Waals surface area contributed by atoms with Crippen molar-refractivity contribution in [2.45, 2.75) is 19.4 Å². The van der Waals surface area contributed by atoms with Crippen LogP contribution in [0.2, 0.25) is 0 Å². The Kier molecular flexibility index (Phi) is 4.19. The van der Waals surface area contributed by atoms with Crippen LogP contribution in [0, 0.1) is 18.6 Å². The number of rotatable bonds is 4. The van der Waals surface area contributed by atoms with Crippen molar-refractivity contribution in [1.29, 1.82) is 0 Å². The molecule has 2 rings (SSSR count). The van der Waals surface area contributed by atoms with Gasteiger partial charge in [0, 0.05) is 12.4 Å². The molecule has 1 atom stereocenters. The molecule has 0 saturated carbocycles. The van der Waals surface area contributed by atoms with Gasteiger partial charge in [0.1, 0.15) is 0 Å². The van der Waals surface area contributed by atoms with E-state index in [0.717, 1.165) is 17.2 Å². The van der Waals surface area contributed by atoms with E-state index in [1.54, 1.807) is 18.5 Å². The molecule has 0 aliphatic carbocycles. The molecule has 1 heterocycles. The van der Waals surface area contributed by atoms with Crippen LogP contribution >= 0.6 is 0 Å². The van der Waals surface area contributed by atoms with E-state index in [2.05, 4.69) is 10.4 Å². The standard InChI is InChI=1S/C14H15F2N3/c1-9-4-5-18-8-11(9)14(19-17)7-10-2-3-12(15)13(16)6-10/h2-6,8,14,19H,7,17H2,1H3. The Hall–Kier alpha value is -1.85. The smallest absolute Gasteiger partial charge is 0.159 e. The first kappa shape index (κ1) is 13.6. The zero-order valence-corrected chi connectivity index (χ0v) is 10.5. The molecule has 0 saturated heterocycles. The molecule has 0 aliphatic heterocycles. The van der Waals surface area contributed by atoms with Crippen molar-refractivity contribution >= 4 is 0 Å². The van der Waals surface area contributed by atoms with E-state index >= 15 is 0 Å². The van der Waals surface area contributed by atoms with E-state index in [1.807, 2.05) is 13.0 Å². The first-order valence-corrected chi connectivity index (χ1v) is 5.92. The summed E-state index contributed by atoms with van der Waals surface area (Å²) >= 11 is 0. The number of hydrogen-bond acceptors (Lipinski definition) is 3. The third kappa shape index (κ3) is 3.13. The number of pyridine rings is 1. The van der Waals surface area contributed by atoms with Gasteiger partial charge in [-0.25, -0.2) is 8.78 Å². The van der Waals surface area contributed by atoms with Gasteiger partial charge < -0.3 is 0 Å². The summed E-state index contributed by atoms with van der Waals surface area (Å²) in [5.74, 6) is 3.84. The molecule has 5 heteroatoms. The molecule has 19 heavy (non-hydrogen) atoms. The van der Waals surface area contributed by atoms with Crippen LogP contribution in [-0.2, 0) is 6.42 Å². The van der Waals surface area contributed by atoms with Gasteiger partial charge in [0.15, 0.2) is 11.6 Å². The van der Waals surface area contributed by atoms with E-state index < -0.39 is 11.6 Å². The summed E-state index contributed by atoms with van der Waals surface area (Å²) < 4.78 is 26.1. The van der Waals surface area contributed by atoms with E-state index in [-0.39, 0.29) is 6.04 Å². The van der Waals surface area contributed by atoms with Crippen molar-refractivity contribution < 1.29 is 8.78 Å². The van der Waals surface area contributed by atoms with Crippen LogP contribution in [0.3, 0.4) is 0 Å². The lowest BCUT2D eigenvalue weighted by molar-refractivity contribution is 0.502. The Labute approximate surface area is 110 Å². The second kappa shape index (κ2) is 5.86. The fourth-order valence-corrected chi connectivity index (χ4v) is 2.00. The van der Waals surface area contributed by atoms with Gasteiger partial charge in [0.05, 0.1) is 6.04 Å². The number of hydrazine groups is 1. The van der Waals surface area contributed by atoms with Crippen molar-refractivity contribution in [2.24, 2.45) is 5.84 Å². The lowest BCUT2D eigenvalue weighted by atomic mass is 9.97. The van der Waals surface area contributed by atoms with Crippen LogP contribution in [0.15, 0.2) is 36.7 Å². The summed E-state index contributed by atoms with van der Waals surface area (Å²) in [6.07, 6.45) is 3.88. The molecule has 0 amide bonds. The number of nitrogens with two attached hydrogens (primary N) is 1. The Morgan fingerprint density at radius 2 is 2.05 bits per heavy atom. The van der Waals surface area contributed by atoms with Gasteiger partial charge >= 0.3 is 0 Å². The lowest BCUT2D eigenvalue weighted by Crippen LogP contribution is -2.30. The largest absolute Gasteiger partial charge is 0.271 e. The van der Waals surface area contributed by atoms with Gasteiger partial charge in [-0.15, -0.1) is 0 Å². The molecule has 0 bridgehead atoms. The van der Waals surface area contributed by atoms with Gasteiger partial charge in [0.25, 0.3) is 0 Å². The van der Waals surface area contributed by atoms with E-state index in [0.29, 0.717) is 12.0 Å². The van der Waals surface area contributed by atoms with Gasteiger partial charge in [-0.05, 0) is 48.2 Å². The number of aryl methyl sites for hydroxylation is 1. The topological polar surface area (TPSA) is 50.9 Å². The minimum absolute atomic E-state index is 0.196. The highest BCUT2D eigenvalue weighted by Gasteiger charge is 2.14. The number of nitrogens with zero attached hydrogens (tertiary/aromatic N) is 1. The third-order valence-corrected chi connectivity index (χ3v) is 3.08. The van der Waals surface area contributed by atoms with E-state index in [1.165, 1.54) is 6.07 Å². The molecular formula is C14H15F2N3. The highest BCUT2D eigenvalue weighted by atomic mass is 19.2. The quantitative estimate of drug-likeness (QED) is 0.658. The van der Waals surface area contributed by atoms with Crippen LogP contribution in [-0.4, -0.2) is 4.98 Å². The molecule has 2 aromatic rings. The first-order chi connectivity index (χ1) is 9.11. The van der Waals surface area contributed by atoms with Crippen molar-refractivity contribution in [2.75, 3.05) is 0 Å². The Bertz CT molecular complexity index is 572. The molecule has 1 aromatic heterocycles. The summed E-state index contributed by atoms with van der Waals surface area (Å²) in [4.78, 5) is 4.06. The Balaban J connectivity index is 2.24. The van der Waals surface area contributed by atoms with Crippen LogP contribution in [0.5, 0.6) is 0 Å². The minimum Gasteiger partial charge on any atom is -0.271 e. The molecule has 100 valence electrons. The molecule has 3 N–H and O–H groups in total. The maximum Gasteiger partial charge on any atom is 0.159 e. The van der Waals surface area contributed by atoms with E-state index in [4.69, 9.17) is 5.84 Å². The number of nitrogens with one attached hydrogen (secondary N) is 1. The molecule has 0 fully saturated rings. The lowest BCUT2D eigenvalue weighted by Gasteiger charge is -2.18. The number of hydrogen-bond donors (Lipinski definition) is 2. The molecule has 0 radical (unpaired) electrons. The van der Waals surface area contributed by atoms with E-state index in [9.17, 15) is 8.78 Å². The summed E-state index contributed by atoms with van der Waals surface area (Å²) in [5.41, 5.74) is 5.34. The molecule has 0 spiro atoms. The maximum atomic E-state index is 13.2. The fraction of sp³-hybridized carbons (Fsp3) is 0.214. The number of benzene rings is 1. The fourth-order valence-electron chi connectivity index (χ4n) is 2.00. The Morgan fingerprint density at radius 1 is 1.26 bits per heavy atom. The molecule has 1 unspecified atom stereocenters. The second-order valence-electron chi connectivity index (χ2n) is 4.40. The summed E-state index contributed by atoms with van der Waals surface area (Å²) in [7, 11) is 0. The van der Waals surface area contributed by atoms with Crippen LogP contribution < -0.4 is 11.3 Å². The van der Waals surface area contributed by atoms with Gasteiger partial charge in [-0.3, -0.25) is 16.3 Å². The minimum atomic E-state index is -0.851. The summed E-state index contributed by atoms with van der Waals surface area (Å²) in [5, 5.41) is 0. The number of halogens is 2. The number of aromatic nitrogens is 1. The monoisotopic (exact) mass is 263 g/mol. The average molecular weight is 263 g/mol. The SMILES string of the molecule is Cc1ccncc1C(Cc1ccc(F)c(F)c1)NN.